The van der Waals surface area contributed by atoms with E-state index in [0.29, 0.717) is 0 Å². The predicted octanol–water partition coefficient (Wildman–Crippen LogP) is 13.7. The summed E-state index contributed by atoms with van der Waals surface area (Å²) in [6.45, 7) is 4.73. The maximum Gasteiger partial charge on any atom is 0.0562 e. The molecule has 0 saturated heterocycles. The summed E-state index contributed by atoms with van der Waals surface area (Å²) in [6, 6.07) is 68.9. The molecule has 3 nitrogen and oxygen atoms in total. The quantitative estimate of drug-likeness (QED) is 0.175. The Kier molecular flexibility index (Phi) is 6.60. The largest absolute Gasteiger partial charge is 0.310 e. The molecule has 0 spiro atoms. The van der Waals surface area contributed by atoms with Crippen LogP contribution in [0.2, 0.25) is 0 Å². The second kappa shape index (κ2) is 11.6. The van der Waals surface area contributed by atoms with Gasteiger partial charge in [-0.05, 0) is 95.1 Å². The number of aromatic nitrogens is 2. The number of para-hydroxylation sites is 4. The van der Waals surface area contributed by atoms with Gasteiger partial charge in [-0.2, -0.15) is 0 Å². The van der Waals surface area contributed by atoms with Crippen LogP contribution in [0.3, 0.4) is 0 Å². The third kappa shape index (κ3) is 4.36. The van der Waals surface area contributed by atoms with Gasteiger partial charge >= 0.3 is 0 Å². The van der Waals surface area contributed by atoms with E-state index in [-0.39, 0.29) is 5.41 Å². The lowest BCUT2D eigenvalue weighted by Gasteiger charge is -2.29. The maximum atomic E-state index is 2.50. The molecule has 0 radical (unpaired) electrons. The molecule has 0 fully saturated rings. The van der Waals surface area contributed by atoms with Crippen molar-refractivity contribution in [3.63, 3.8) is 0 Å². The molecule has 54 heavy (non-hydrogen) atoms. The lowest BCUT2D eigenvalue weighted by atomic mass is 9.82. The van der Waals surface area contributed by atoms with Crippen molar-refractivity contribution in [1.82, 2.24) is 9.13 Å². The summed E-state index contributed by atoms with van der Waals surface area (Å²) < 4.78 is 4.82. The highest BCUT2D eigenvalue weighted by molar-refractivity contribution is 6.17. The first-order valence-electron chi connectivity index (χ1n) is 18.8. The van der Waals surface area contributed by atoms with Crippen LogP contribution in [0.5, 0.6) is 0 Å². The lowest BCUT2D eigenvalue weighted by molar-refractivity contribution is 0.660. The highest BCUT2D eigenvalue weighted by atomic mass is 15.2. The van der Waals surface area contributed by atoms with Crippen LogP contribution in [-0.2, 0) is 5.41 Å². The first kappa shape index (κ1) is 30.8. The van der Waals surface area contributed by atoms with Crippen LogP contribution in [0, 0.1) is 0 Å². The van der Waals surface area contributed by atoms with Crippen LogP contribution >= 0.6 is 0 Å². The number of nitrogens with zero attached hydrogens (tertiary/aromatic N) is 3. The topological polar surface area (TPSA) is 13.1 Å². The normalized spacial score (nSPS) is 13.1. The van der Waals surface area contributed by atoms with Gasteiger partial charge in [-0.1, -0.05) is 129 Å². The first-order chi connectivity index (χ1) is 26.6. The number of fused-ring (bicyclic) bond motifs is 9. The molecular formula is C51H37N3. The van der Waals surface area contributed by atoms with Gasteiger partial charge in [-0.15, -0.1) is 0 Å². The monoisotopic (exact) mass is 691 g/mol. The summed E-state index contributed by atoms with van der Waals surface area (Å²) in [5, 5.41) is 4.94. The van der Waals surface area contributed by atoms with Crippen molar-refractivity contribution in [2.75, 3.05) is 4.90 Å². The zero-order chi connectivity index (χ0) is 36.0. The summed E-state index contributed by atoms with van der Waals surface area (Å²) >= 11 is 0. The minimum atomic E-state index is -0.132. The Bertz CT molecular complexity index is 3070. The number of hydrogen-bond acceptors (Lipinski definition) is 1. The van der Waals surface area contributed by atoms with E-state index < -0.39 is 0 Å². The minimum Gasteiger partial charge on any atom is -0.310 e. The average Bonchev–Trinajstić information content (AvgIpc) is 3.82. The third-order valence-electron chi connectivity index (χ3n) is 11.7. The predicted molar refractivity (Wildman–Crippen MR) is 227 cm³/mol. The molecule has 0 saturated carbocycles. The van der Waals surface area contributed by atoms with Crippen LogP contribution in [0.15, 0.2) is 188 Å². The maximum absolute atomic E-state index is 2.50. The highest BCUT2D eigenvalue weighted by Gasteiger charge is 2.36. The Morgan fingerprint density at radius 1 is 0.389 bits per heavy atom. The molecule has 0 amide bonds. The van der Waals surface area contributed by atoms with Gasteiger partial charge in [0.1, 0.15) is 0 Å². The molecule has 0 bridgehead atoms. The van der Waals surface area contributed by atoms with E-state index in [1.54, 1.807) is 0 Å². The summed E-state index contributed by atoms with van der Waals surface area (Å²) in [6.07, 6.45) is 0. The fourth-order valence-corrected chi connectivity index (χ4v) is 9.25. The molecule has 11 rings (SSSR count). The second-order valence-electron chi connectivity index (χ2n) is 15.0. The Morgan fingerprint density at radius 3 is 1.69 bits per heavy atom. The van der Waals surface area contributed by atoms with Crippen LogP contribution in [0.1, 0.15) is 25.0 Å². The molecule has 0 unspecified atom stereocenters. The molecule has 1 aliphatic rings. The van der Waals surface area contributed by atoms with Gasteiger partial charge in [0.25, 0.3) is 0 Å². The van der Waals surface area contributed by atoms with Crippen molar-refractivity contribution in [1.29, 1.82) is 0 Å². The fourth-order valence-electron chi connectivity index (χ4n) is 9.25. The molecule has 2 heterocycles. The third-order valence-corrected chi connectivity index (χ3v) is 11.7. The zero-order valence-electron chi connectivity index (χ0n) is 30.2. The average molecular weight is 692 g/mol. The summed E-state index contributed by atoms with van der Waals surface area (Å²) in [7, 11) is 0. The highest BCUT2D eigenvalue weighted by Crippen LogP contribution is 2.52. The number of rotatable bonds is 5. The van der Waals surface area contributed by atoms with Crippen LogP contribution in [0.25, 0.3) is 66.1 Å². The van der Waals surface area contributed by atoms with E-state index in [4.69, 9.17) is 0 Å². The molecule has 8 aromatic carbocycles. The minimum absolute atomic E-state index is 0.132. The summed E-state index contributed by atoms with van der Waals surface area (Å²) in [5.74, 6) is 0. The molecule has 256 valence electrons. The van der Waals surface area contributed by atoms with Crippen LogP contribution in [0.4, 0.5) is 17.1 Å². The SMILES string of the molecule is CC1(C)c2ccccc2-c2ccc(N(c3ccc4c5ccccc5n(-c5ccccc5)c4c3)c3cccc4c3c3ccccc3n4-c3ccccc3)cc21. The van der Waals surface area contributed by atoms with Gasteiger partial charge in [0.15, 0.2) is 0 Å². The first-order valence-corrected chi connectivity index (χ1v) is 18.8. The molecule has 3 heteroatoms. The van der Waals surface area contributed by atoms with Gasteiger partial charge in [0.05, 0.1) is 27.8 Å². The van der Waals surface area contributed by atoms with Crippen molar-refractivity contribution < 1.29 is 0 Å². The molecule has 0 N–H and O–H groups in total. The van der Waals surface area contributed by atoms with Crippen molar-refractivity contribution in [3.8, 4) is 22.5 Å². The Morgan fingerprint density at radius 2 is 0.926 bits per heavy atom. The lowest BCUT2D eigenvalue weighted by Crippen LogP contribution is -2.16. The van der Waals surface area contributed by atoms with E-state index in [1.807, 2.05) is 0 Å². The molecule has 1 aliphatic carbocycles. The van der Waals surface area contributed by atoms with Crippen LogP contribution in [-0.4, -0.2) is 9.13 Å². The van der Waals surface area contributed by atoms with Crippen molar-refractivity contribution in [2.24, 2.45) is 0 Å². The van der Waals surface area contributed by atoms with Crippen molar-refractivity contribution >= 4 is 60.7 Å². The molecule has 10 aromatic rings. The van der Waals surface area contributed by atoms with E-state index in [9.17, 15) is 0 Å². The number of benzene rings is 8. The van der Waals surface area contributed by atoms with E-state index in [0.717, 1.165) is 28.4 Å². The van der Waals surface area contributed by atoms with Crippen molar-refractivity contribution in [2.45, 2.75) is 19.3 Å². The Balaban J connectivity index is 1.23. The molecule has 0 aliphatic heterocycles. The standard InChI is InChI=1S/C51H37N3/c1-51(2)43-23-12-9-20-38(43)39-30-28-36(32-44(39)51)52(37-29-31-41-40-21-10-13-24-45(40)54(49(41)33-37)35-18-7-4-8-19-35)47-26-15-27-48-50(47)42-22-11-14-25-46(42)53(48)34-16-5-3-6-17-34/h3-33H,1-2H3. The number of hydrogen-bond donors (Lipinski definition) is 0. The summed E-state index contributed by atoms with van der Waals surface area (Å²) in [4.78, 5) is 2.50. The van der Waals surface area contributed by atoms with Gasteiger partial charge in [0, 0.05) is 49.7 Å². The molecule has 2 aromatic heterocycles. The van der Waals surface area contributed by atoms with Gasteiger partial charge < -0.3 is 14.0 Å². The Hall–Kier alpha value is -6.84. The second-order valence-corrected chi connectivity index (χ2v) is 15.0. The smallest absolute Gasteiger partial charge is 0.0562 e. The Labute approximate surface area is 314 Å². The van der Waals surface area contributed by atoms with Gasteiger partial charge in [-0.3, -0.25) is 0 Å². The zero-order valence-corrected chi connectivity index (χ0v) is 30.2. The van der Waals surface area contributed by atoms with Crippen LogP contribution < -0.4 is 4.90 Å². The van der Waals surface area contributed by atoms with E-state index in [1.165, 1.54) is 65.9 Å². The van der Waals surface area contributed by atoms with Gasteiger partial charge in [0.2, 0.25) is 0 Å². The van der Waals surface area contributed by atoms with Gasteiger partial charge in [-0.25, -0.2) is 0 Å². The fraction of sp³-hybridized carbons (Fsp3) is 0.0588. The number of anilines is 3. The van der Waals surface area contributed by atoms with E-state index >= 15 is 0 Å². The van der Waals surface area contributed by atoms with Crippen molar-refractivity contribution in [3.05, 3.63) is 199 Å². The van der Waals surface area contributed by atoms with E-state index in [2.05, 4.69) is 216 Å². The molecule has 0 atom stereocenters. The molecular weight excluding hydrogens is 655 g/mol. The summed E-state index contributed by atoms with van der Waals surface area (Å²) in [5.41, 5.74) is 15.7.